The van der Waals surface area contributed by atoms with E-state index in [1.807, 2.05) is 0 Å². The maximum absolute atomic E-state index is 13.1. The molecule has 0 fully saturated rings. The molecule has 0 amide bonds. The van der Waals surface area contributed by atoms with Crippen LogP contribution >= 0.6 is 27.5 Å². The first kappa shape index (κ1) is 13.3. The molecule has 0 aliphatic carbocycles. The summed E-state index contributed by atoms with van der Waals surface area (Å²) in [5, 5.41) is 8.39. The first-order chi connectivity index (χ1) is 7.65. The Bertz CT molecular complexity index is 406. The van der Waals surface area contributed by atoms with Crippen LogP contribution in [0, 0.1) is 17.1 Å². The van der Waals surface area contributed by atoms with Crippen molar-refractivity contribution in [3.8, 4) is 11.8 Å². The molecule has 0 aliphatic heterocycles. The zero-order chi connectivity index (χ0) is 12.0. The summed E-state index contributed by atoms with van der Waals surface area (Å²) in [5.41, 5.74) is 0. The Morgan fingerprint density at radius 1 is 1.44 bits per heavy atom. The fourth-order valence-corrected chi connectivity index (χ4v) is 1.86. The zero-order valence-corrected chi connectivity index (χ0v) is 10.8. The molecule has 16 heavy (non-hydrogen) atoms. The number of hydrogen-bond acceptors (Lipinski definition) is 2. The standard InChI is InChI=1S/C11H10BrClFNO/c12-8-6-9(13)10(14)7-11(8)16-5-3-1-2-4-15/h6-7H,1-3,5H2. The van der Waals surface area contributed by atoms with Gasteiger partial charge in [-0.25, -0.2) is 4.39 Å². The van der Waals surface area contributed by atoms with E-state index in [9.17, 15) is 4.39 Å². The van der Waals surface area contributed by atoms with Gasteiger partial charge in [0.2, 0.25) is 0 Å². The topological polar surface area (TPSA) is 33.0 Å². The Morgan fingerprint density at radius 2 is 2.19 bits per heavy atom. The monoisotopic (exact) mass is 305 g/mol. The molecule has 5 heteroatoms. The highest BCUT2D eigenvalue weighted by molar-refractivity contribution is 9.10. The molecule has 0 atom stereocenters. The van der Waals surface area contributed by atoms with Crippen LogP contribution in [-0.2, 0) is 0 Å². The van der Waals surface area contributed by atoms with Crippen LogP contribution in [0.3, 0.4) is 0 Å². The quantitative estimate of drug-likeness (QED) is 0.600. The Balaban J connectivity index is 2.48. The second-order valence-corrected chi connectivity index (χ2v) is 4.42. The number of nitrogens with zero attached hydrogens (tertiary/aromatic N) is 1. The van der Waals surface area contributed by atoms with Crippen LogP contribution in [0.1, 0.15) is 19.3 Å². The molecule has 2 nitrogen and oxygen atoms in total. The fourth-order valence-electron chi connectivity index (χ4n) is 1.10. The summed E-state index contributed by atoms with van der Waals surface area (Å²) in [7, 11) is 0. The first-order valence-corrected chi connectivity index (χ1v) is 5.96. The molecular formula is C11H10BrClFNO. The number of unbranched alkanes of at least 4 members (excludes halogenated alkanes) is 2. The molecule has 0 saturated carbocycles. The summed E-state index contributed by atoms with van der Waals surface area (Å²) in [6.07, 6.45) is 2.06. The molecule has 0 spiro atoms. The van der Waals surface area contributed by atoms with Crippen molar-refractivity contribution in [2.45, 2.75) is 19.3 Å². The van der Waals surface area contributed by atoms with Crippen LogP contribution in [-0.4, -0.2) is 6.61 Å². The number of hydrogen-bond donors (Lipinski definition) is 0. The second kappa shape index (κ2) is 6.72. The second-order valence-electron chi connectivity index (χ2n) is 3.16. The Morgan fingerprint density at radius 3 is 2.88 bits per heavy atom. The lowest BCUT2D eigenvalue weighted by Gasteiger charge is -2.08. The zero-order valence-electron chi connectivity index (χ0n) is 8.47. The summed E-state index contributed by atoms with van der Waals surface area (Å²) in [6, 6.07) is 4.76. The third-order valence-electron chi connectivity index (χ3n) is 1.92. The third-order valence-corrected chi connectivity index (χ3v) is 2.82. The minimum Gasteiger partial charge on any atom is -0.492 e. The van der Waals surface area contributed by atoms with Crippen molar-refractivity contribution in [2.24, 2.45) is 0 Å². The third kappa shape index (κ3) is 3.99. The van der Waals surface area contributed by atoms with Crippen molar-refractivity contribution in [1.82, 2.24) is 0 Å². The molecule has 0 N–H and O–H groups in total. The average Bonchev–Trinajstić information content (AvgIpc) is 2.25. The molecule has 0 saturated heterocycles. The molecule has 0 heterocycles. The number of benzene rings is 1. The van der Waals surface area contributed by atoms with Crippen LogP contribution in [0.2, 0.25) is 5.02 Å². The lowest BCUT2D eigenvalue weighted by Crippen LogP contribution is -1.98. The minimum atomic E-state index is -0.503. The summed E-state index contributed by atoms with van der Waals surface area (Å²) >= 11 is 8.83. The van der Waals surface area contributed by atoms with Crippen LogP contribution < -0.4 is 4.74 Å². The van der Waals surface area contributed by atoms with E-state index in [-0.39, 0.29) is 5.02 Å². The van der Waals surface area contributed by atoms with Gasteiger partial charge in [-0.15, -0.1) is 0 Å². The van der Waals surface area contributed by atoms with Crippen molar-refractivity contribution < 1.29 is 9.13 Å². The summed E-state index contributed by atoms with van der Waals surface area (Å²) in [5.74, 6) is -0.0734. The van der Waals surface area contributed by atoms with E-state index in [0.29, 0.717) is 23.2 Å². The lowest BCUT2D eigenvalue weighted by atomic mass is 10.2. The highest BCUT2D eigenvalue weighted by atomic mass is 79.9. The van der Waals surface area contributed by atoms with Crippen molar-refractivity contribution in [3.05, 3.63) is 27.4 Å². The van der Waals surface area contributed by atoms with E-state index in [1.165, 1.54) is 12.1 Å². The van der Waals surface area contributed by atoms with Gasteiger partial charge < -0.3 is 4.74 Å². The van der Waals surface area contributed by atoms with Crippen LogP contribution in [0.15, 0.2) is 16.6 Å². The lowest BCUT2D eigenvalue weighted by molar-refractivity contribution is 0.304. The van der Waals surface area contributed by atoms with E-state index >= 15 is 0 Å². The number of nitriles is 1. The normalized spacial score (nSPS) is 9.88. The highest BCUT2D eigenvalue weighted by Gasteiger charge is 2.07. The van der Waals surface area contributed by atoms with Gasteiger partial charge in [-0.05, 0) is 34.8 Å². The largest absolute Gasteiger partial charge is 0.492 e. The number of rotatable bonds is 5. The summed E-state index contributed by atoms with van der Waals surface area (Å²) < 4.78 is 19.1. The molecule has 1 aromatic carbocycles. The predicted octanol–water partition coefficient (Wildman–Crippen LogP) is 4.31. The van der Waals surface area contributed by atoms with E-state index in [1.54, 1.807) is 0 Å². The van der Waals surface area contributed by atoms with Gasteiger partial charge in [-0.3, -0.25) is 0 Å². The molecule has 0 aliphatic rings. The summed E-state index contributed by atoms with van der Waals surface area (Å²) in [6.45, 7) is 0.460. The van der Waals surface area contributed by atoms with E-state index in [4.69, 9.17) is 21.6 Å². The SMILES string of the molecule is N#CCCCCOc1cc(F)c(Cl)cc1Br. The van der Waals surface area contributed by atoms with E-state index in [2.05, 4.69) is 22.0 Å². The van der Waals surface area contributed by atoms with Crippen molar-refractivity contribution >= 4 is 27.5 Å². The van der Waals surface area contributed by atoms with Gasteiger partial charge in [0.15, 0.2) is 0 Å². The summed E-state index contributed by atoms with van der Waals surface area (Å²) in [4.78, 5) is 0. The van der Waals surface area contributed by atoms with Gasteiger partial charge >= 0.3 is 0 Å². The van der Waals surface area contributed by atoms with Gasteiger partial charge in [0.1, 0.15) is 11.6 Å². The maximum atomic E-state index is 13.1. The highest BCUT2D eigenvalue weighted by Crippen LogP contribution is 2.30. The van der Waals surface area contributed by atoms with Crippen LogP contribution in [0.5, 0.6) is 5.75 Å². The average molecular weight is 307 g/mol. The molecule has 86 valence electrons. The Hall–Kier alpha value is -0.790. The van der Waals surface area contributed by atoms with Crippen LogP contribution in [0.25, 0.3) is 0 Å². The van der Waals surface area contributed by atoms with Gasteiger partial charge in [0.25, 0.3) is 0 Å². The molecule has 0 aromatic heterocycles. The van der Waals surface area contributed by atoms with Gasteiger partial charge in [-0.2, -0.15) is 5.26 Å². The van der Waals surface area contributed by atoms with Gasteiger partial charge in [0.05, 0.1) is 22.2 Å². The molecular weight excluding hydrogens is 296 g/mol. The fraction of sp³-hybridized carbons (Fsp3) is 0.364. The molecule has 0 unspecified atom stereocenters. The molecule has 0 bridgehead atoms. The number of halogens is 3. The maximum Gasteiger partial charge on any atom is 0.145 e. The number of ether oxygens (including phenoxy) is 1. The Labute approximate surface area is 107 Å². The first-order valence-electron chi connectivity index (χ1n) is 4.79. The smallest absolute Gasteiger partial charge is 0.145 e. The Kier molecular flexibility index (Phi) is 5.58. The minimum absolute atomic E-state index is 0.0590. The molecule has 1 rings (SSSR count). The van der Waals surface area contributed by atoms with Crippen LogP contribution in [0.4, 0.5) is 4.39 Å². The van der Waals surface area contributed by atoms with Crippen molar-refractivity contribution in [1.29, 1.82) is 5.26 Å². The van der Waals surface area contributed by atoms with Gasteiger partial charge in [0, 0.05) is 12.5 Å². The van der Waals surface area contributed by atoms with Crippen molar-refractivity contribution in [3.63, 3.8) is 0 Å². The molecule has 0 radical (unpaired) electrons. The molecule has 1 aromatic rings. The van der Waals surface area contributed by atoms with Crippen molar-refractivity contribution in [2.75, 3.05) is 6.61 Å². The predicted molar refractivity (Wildman–Crippen MR) is 64.1 cm³/mol. The van der Waals surface area contributed by atoms with Gasteiger partial charge in [-0.1, -0.05) is 11.6 Å². The van der Waals surface area contributed by atoms with E-state index in [0.717, 1.165) is 12.8 Å². The van der Waals surface area contributed by atoms with E-state index < -0.39 is 5.82 Å².